The van der Waals surface area contributed by atoms with Crippen molar-refractivity contribution in [2.75, 3.05) is 11.9 Å². The highest BCUT2D eigenvalue weighted by molar-refractivity contribution is 7.21. The van der Waals surface area contributed by atoms with Crippen LogP contribution in [0, 0.1) is 0 Å². The maximum Gasteiger partial charge on any atom is 0.124 e. The number of hydrogen-bond acceptors (Lipinski definition) is 3. The minimum absolute atomic E-state index is 1.05. The molecule has 1 aliphatic rings. The molecule has 4 rings (SSSR count). The second-order valence-electron chi connectivity index (χ2n) is 4.54. The van der Waals surface area contributed by atoms with Gasteiger partial charge in [0.1, 0.15) is 5.01 Å². The lowest BCUT2D eigenvalue weighted by atomic mass is 10.1. The number of nitrogens with zero attached hydrogens (tertiary/aromatic N) is 1. The molecule has 0 radical (unpaired) electrons. The minimum Gasteiger partial charge on any atom is -0.384 e. The van der Waals surface area contributed by atoms with Gasteiger partial charge < -0.3 is 5.32 Å². The molecule has 3 aromatic rings. The highest BCUT2D eigenvalue weighted by Crippen LogP contribution is 2.33. The zero-order valence-corrected chi connectivity index (χ0v) is 10.6. The van der Waals surface area contributed by atoms with E-state index in [0.29, 0.717) is 0 Å². The van der Waals surface area contributed by atoms with Crippen molar-refractivity contribution in [3.05, 3.63) is 48.0 Å². The molecule has 1 aromatic heterocycles. The normalized spacial score (nSPS) is 13.6. The van der Waals surface area contributed by atoms with Gasteiger partial charge in [0.25, 0.3) is 0 Å². The van der Waals surface area contributed by atoms with E-state index in [9.17, 15) is 0 Å². The van der Waals surface area contributed by atoms with Crippen LogP contribution in [0.2, 0.25) is 0 Å². The van der Waals surface area contributed by atoms with Crippen molar-refractivity contribution in [3.63, 3.8) is 0 Å². The number of aromatic nitrogens is 1. The molecule has 0 aliphatic carbocycles. The fraction of sp³-hybridized carbons (Fsp3) is 0.133. The summed E-state index contributed by atoms with van der Waals surface area (Å²) in [5.74, 6) is 0. The molecule has 2 heterocycles. The van der Waals surface area contributed by atoms with E-state index < -0.39 is 0 Å². The number of hydrogen-bond donors (Lipinski definition) is 1. The fourth-order valence-electron chi connectivity index (χ4n) is 2.43. The molecule has 2 aromatic carbocycles. The van der Waals surface area contributed by atoms with Gasteiger partial charge in [0.05, 0.1) is 10.2 Å². The highest BCUT2D eigenvalue weighted by atomic mass is 32.1. The quantitative estimate of drug-likeness (QED) is 0.709. The molecule has 0 bridgehead atoms. The van der Waals surface area contributed by atoms with Gasteiger partial charge in [0.15, 0.2) is 0 Å². The van der Waals surface area contributed by atoms with Gasteiger partial charge in [-0.15, -0.1) is 11.3 Å². The molecule has 2 nitrogen and oxygen atoms in total. The zero-order chi connectivity index (χ0) is 11.9. The van der Waals surface area contributed by atoms with Crippen LogP contribution in [-0.4, -0.2) is 11.5 Å². The summed E-state index contributed by atoms with van der Waals surface area (Å²) >= 11 is 1.76. The fourth-order valence-corrected chi connectivity index (χ4v) is 3.40. The molecule has 0 atom stereocenters. The first-order valence-electron chi connectivity index (χ1n) is 6.13. The predicted octanol–water partition coefficient (Wildman–Crippen LogP) is 3.93. The van der Waals surface area contributed by atoms with Gasteiger partial charge in [-0.2, -0.15) is 0 Å². The van der Waals surface area contributed by atoms with E-state index in [1.165, 1.54) is 21.5 Å². The maximum atomic E-state index is 4.71. The maximum absolute atomic E-state index is 4.71. The monoisotopic (exact) mass is 252 g/mol. The first-order chi connectivity index (χ1) is 8.90. The van der Waals surface area contributed by atoms with E-state index >= 15 is 0 Å². The summed E-state index contributed by atoms with van der Waals surface area (Å²) in [6.07, 6.45) is 1.12. The van der Waals surface area contributed by atoms with E-state index in [2.05, 4.69) is 41.7 Å². The van der Waals surface area contributed by atoms with E-state index in [-0.39, 0.29) is 0 Å². The Hall–Kier alpha value is -1.87. The van der Waals surface area contributed by atoms with Gasteiger partial charge in [0.2, 0.25) is 0 Å². The van der Waals surface area contributed by atoms with Gasteiger partial charge in [-0.3, -0.25) is 0 Å². The molecule has 0 spiro atoms. The molecule has 0 saturated carbocycles. The van der Waals surface area contributed by atoms with Crippen molar-refractivity contribution in [1.29, 1.82) is 0 Å². The lowest BCUT2D eigenvalue weighted by Gasteiger charge is -2.01. The van der Waals surface area contributed by atoms with Crippen molar-refractivity contribution in [1.82, 2.24) is 4.98 Å². The molecular formula is C15H12N2S. The number of anilines is 1. The molecule has 88 valence electrons. The van der Waals surface area contributed by atoms with Gasteiger partial charge >= 0.3 is 0 Å². The van der Waals surface area contributed by atoms with Crippen molar-refractivity contribution >= 4 is 27.2 Å². The number of rotatable bonds is 1. The first-order valence-corrected chi connectivity index (χ1v) is 6.94. The van der Waals surface area contributed by atoms with Crippen molar-refractivity contribution in [3.8, 4) is 10.6 Å². The van der Waals surface area contributed by atoms with Gasteiger partial charge in [-0.1, -0.05) is 12.1 Å². The van der Waals surface area contributed by atoms with Crippen LogP contribution in [0.3, 0.4) is 0 Å². The Balaban J connectivity index is 1.86. The number of benzene rings is 2. The molecule has 1 aliphatic heterocycles. The standard InChI is InChI=1S/C15H12N2S/c1-2-4-14-13(3-1)17-15(18-14)11-5-6-12-10(9-11)7-8-16-12/h1-6,9,16H,7-8H2. The average molecular weight is 252 g/mol. The molecule has 0 fully saturated rings. The Bertz CT molecular complexity index is 697. The SMILES string of the molecule is c1ccc2sc(-c3ccc4c(c3)CCN4)nc2c1. The second kappa shape index (κ2) is 3.82. The molecular weight excluding hydrogens is 240 g/mol. The van der Waals surface area contributed by atoms with Gasteiger partial charge in [-0.25, -0.2) is 4.98 Å². The largest absolute Gasteiger partial charge is 0.384 e. The third kappa shape index (κ3) is 1.51. The van der Waals surface area contributed by atoms with Crippen LogP contribution in [0.1, 0.15) is 5.56 Å². The van der Waals surface area contributed by atoms with Crippen molar-refractivity contribution < 1.29 is 0 Å². The Morgan fingerprint density at radius 1 is 1.11 bits per heavy atom. The van der Waals surface area contributed by atoms with Crippen LogP contribution in [0.25, 0.3) is 20.8 Å². The predicted molar refractivity (Wildman–Crippen MR) is 77.2 cm³/mol. The average Bonchev–Trinajstić information content (AvgIpc) is 3.04. The van der Waals surface area contributed by atoms with Gasteiger partial charge in [-0.05, 0) is 42.3 Å². The van der Waals surface area contributed by atoms with Crippen LogP contribution >= 0.6 is 11.3 Å². The minimum atomic E-state index is 1.05. The number of thiazole rings is 1. The lowest BCUT2D eigenvalue weighted by Crippen LogP contribution is -1.90. The summed E-state index contributed by atoms with van der Waals surface area (Å²) in [6.45, 7) is 1.05. The van der Waals surface area contributed by atoms with Crippen LogP contribution in [-0.2, 0) is 6.42 Å². The number of fused-ring (bicyclic) bond motifs is 2. The summed E-state index contributed by atoms with van der Waals surface area (Å²) in [5.41, 5.74) is 5.02. The second-order valence-corrected chi connectivity index (χ2v) is 5.57. The van der Waals surface area contributed by atoms with Crippen LogP contribution in [0.4, 0.5) is 5.69 Å². The molecule has 3 heteroatoms. The number of nitrogens with one attached hydrogen (secondary N) is 1. The van der Waals surface area contributed by atoms with Gasteiger partial charge in [0, 0.05) is 17.8 Å². The van der Waals surface area contributed by atoms with Crippen LogP contribution in [0.5, 0.6) is 0 Å². The number of para-hydroxylation sites is 1. The highest BCUT2D eigenvalue weighted by Gasteiger charge is 2.12. The zero-order valence-electron chi connectivity index (χ0n) is 9.81. The summed E-state index contributed by atoms with van der Waals surface area (Å²) in [7, 11) is 0. The van der Waals surface area contributed by atoms with E-state index in [4.69, 9.17) is 4.98 Å². The molecule has 0 unspecified atom stereocenters. The molecule has 18 heavy (non-hydrogen) atoms. The Morgan fingerprint density at radius 2 is 2.06 bits per heavy atom. The van der Waals surface area contributed by atoms with E-state index in [0.717, 1.165) is 23.5 Å². The smallest absolute Gasteiger partial charge is 0.124 e. The van der Waals surface area contributed by atoms with Crippen molar-refractivity contribution in [2.24, 2.45) is 0 Å². The lowest BCUT2D eigenvalue weighted by molar-refractivity contribution is 1.11. The third-order valence-corrected chi connectivity index (χ3v) is 4.44. The van der Waals surface area contributed by atoms with Crippen LogP contribution < -0.4 is 5.32 Å². The molecule has 0 amide bonds. The third-order valence-electron chi connectivity index (χ3n) is 3.36. The molecule has 0 saturated heterocycles. The summed E-state index contributed by atoms with van der Waals surface area (Å²) < 4.78 is 1.26. The van der Waals surface area contributed by atoms with Crippen LogP contribution in [0.15, 0.2) is 42.5 Å². The van der Waals surface area contributed by atoms with Crippen molar-refractivity contribution in [2.45, 2.75) is 6.42 Å². The summed E-state index contributed by atoms with van der Waals surface area (Å²) in [5, 5.41) is 4.50. The Labute approximate surface area is 109 Å². The molecule has 1 N–H and O–H groups in total. The summed E-state index contributed by atoms with van der Waals surface area (Å²) in [6, 6.07) is 14.9. The topological polar surface area (TPSA) is 24.9 Å². The Kier molecular flexibility index (Phi) is 2.14. The summed E-state index contributed by atoms with van der Waals surface area (Å²) in [4.78, 5) is 4.71. The Morgan fingerprint density at radius 3 is 3.00 bits per heavy atom. The van der Waals surface area contributed by atoms with E-state index in [1.54, 1.807) is 11.3 Å². The van der Waals surface area contributed by atoms with E-state index in [1.807, 2.05) is 6.07 Å². The first kappa shape index (κ1) is 10.1.